The van der Waals surface area contributed by atoms with E-state index in [4.69, 9.17) is 0 Å². The molecule has 0 unspecified atom stereocenters. The summed E-state index contributed by atoms with van der Waals surface area (Å²) >= 11 is 0. The molecule has 1 N–H and O–H groups in total. The van der Waals surface area contributed by atoms with Gasteiger partial charge in [0.05, 0.1) is 0 Å². The predicted octanol–water partition coefficient (Wildman–Crippen LogP) is 4.57. The zero-order chi connectivity index (χ0) is 18.4. The minimum absolute atomic E-state index is 0.0846. The summed E-state index contributed by atoms with van der Waals surface area (Å²) < 4.78 is 0. The van der Waals surface area contributed by atoms with Crippen molar-refractivity contribution in [2.24, 2.45) is 17.8 Å². The van der Waals surface area contributed by atoms with Crippen LogP contribution in [0.2, 0.25) is 0 Å². The van der Waals surface area contributed by atoms with Crippen LogP contribution < -0.4 is 5.32 Å². The number of carbonyl (C=O) groups excluding carboxylic acids is 2. The highest BCUT2D eigenvalue weighted by atomic mass is 16.2. The van der Waals surface area contributed by atoms with Crippen LogP contribution >= 0.6 is 0 Å². The number of hydrogen-bond acceptors (Lipinski definition) is 2. The van der Waals surface area contributed by atoms with Crippen molar-refractivity contribution in [2.45, 2.75) is 53.4 Å². The number of amides is 2. The molecule has 0 bridgehead atoms. The Kier molecular flexibility index (Phi) is 7.03. The monoisotopic (exact) mass is 344 g/mol. The highest BCUT2D eigenvalue weighted by Crippen LogP contribution is 2.30. The van der Waals surface area contributed by atoms with Crippen molar-refractivity contribution in [3.8, 4) is 0 Å². The molecule has 4 heteroatoms. The van der Waals surface area contributed by atoms with Crippen LogP contribution in [-0.2, 0) is 4.79 Å². The van der Waals surface area contributed by atoms with Gasteiger partial charge in [0.2, 0.25) is 5.91 Å². The summed E-state index contributed by atoms with van der Waals surface area (Å²) in [5.74, 6) is 1.52. The molecule has 2 amide bonds. The maximum atomic E-state index is 12.9. The lowest BCUT2D eigenvalue weighted by Crippen LogP contribution is -2.34. The Labute approximate surface area is 152 Å². The van der Waals surface area contributed by atoms with E-state index >= 15 is 0 Å². The van der Waals surface area contributed by atoms with Crippen molar-refractivity contribution in [3.05, 3.63) is 29.8 Å². The molecule has 0 aliphatic heterocycles. The summed E-state index contributed by atoms with van der Waals surface area (Å²) in [6.45, 7) is 10.3. The molecule has 2 rings (SSSR count). The summed E-state index contributed by atoms with van der Waals surface area (Å²) in [4.78, 5) is 26.6. The standard InChI is InChI=1S/C21H32N2O2/c1-15(2)11-13-23(14-12-16(3)4)21(25)18-7-9-19(10-8-18)22-20(24)17-5-6-17/h7-10,15-17H,5-6,11-14H2,1-4H3,(H,22,24). The average molecular weight is 344 g/mol. The molecule has 1 aromatic rings. The van der Waals surface area contributed by atoms with Gasteiger partial charge in [-0.15, -0.1) is 0 Å². The van der Waals surface area contributed by atoms with Crippen molar-refractivity contribution >= 4 is 17.5 Å². The van der Waals surface area contributed by atoms with Gasteiger partial charge in [-0.2, -0.15) is 0 Å². The van der Waals surface area contributed by atoms with Crippen molar-refractivity contribution in [1.29, 1.82) is 0 Å². The molecule has 138 valence electrons. The second-order valence-corrected chi connectivity index (χ2v) is 8.00. The van der Waals surface area contributed by atoms with Gasteiger partial charge in [0.1, 0.15) is 0 Å². The topological polar surface area (TPSA) is 49.4 Å². The molecule has 1 saturated carbocycles. The van der Waals surface area contributed by atoms with Gasteiger partial charge in [-0.3, -0.25) is 9.59 Å². The number of anilines is 1. The Bertz CT molecular complexity index is 562. The second kappa shape index (κ2) is 9.02. The second-order valence-electron chi connectivity index (χ2n) is 8.00. The van der Waals surface area contributed by atoms with Crippen LogP contribution in [0.1, 0.15) is 63.7 Å². The number of carbonyl (C=O) groups is 2. The molecule has 1 fully saturated rings. The van der Waals surface area contributed by atoms with E-state index in [9.17, 15) is 9.59 Å². The summed E-state index contributed by atoms with van der Waals surface area (Å²) in [5, 5.41) is 2.92. The van der Waals surface area contributed by atoms with E-state index in [1.54, 1.807) is 0 Å². The summed E-state index contributed by atoms with van der Waals surface area (Å²) in [7, 11) is 0. The number of rotatable bonds is 9. The lowest BCUT2D eigenvalue weighted by molar-refractivity contribution is -0.117. The third-order valence-corrected chi connectivity index (χ3v) is 4.59. The minimum atomic E-state index is 0.0846. The first-order chi connectivity index (χ1) is 11.9. The number of hydrogen-bond donors (Lipinski definition) is 1. The van der Waals surface area contributed by atoms with Crippen molar-refractivity contribution in [1.82, 2.24) is 4.90 Å². The molecule has 1 aromatic carbocycles. The molecule has 0 atom stereocenters. The van der Waals surface area contributed by atoms with Crippen LogP contribution in [0.4, 0.5) is 5.69 Å². The highest BCUT2D eigenvalue weighted by molar-refractivity contribution is 5.96. The van der Waals surface area contributed by atoms with Crippen molar-refractivity contribution in [2.75, 3.05) is 18.4 Å². The maximum Gasteiger partial charge on any atom is 0.253 e. The van der Waals surface area contributed by atoms with Crippen LogP contribution in [0.15, 0.2) is 24.3 Å². The fourth-order valence-electron chi connectivity index (χ4n) is 2.61. The summed E-state index contributed by atoms with van der Waals surface area (Å²) in [6, 6.07) is 7.30. The van der Waals surface area contributed by atoms with E-state index in [1.165, 1.54) is 0 Å². The Morgan fingerprint density at radius 3 is 1.96 bits per heavy atom. The van der Waals surface area contributed by atoms with Crippen LogP contribution in [0.3, 0.4) is 0 Å². The van der Waals surface area contributed by atoms with Gasteiger partial charge in [0.25, 0.3) is 5.91 Å². The molecule has 1 aliphatic carbocycles. The first kappa shape index (κ1) is 19.5. The molecule has 25 heavy (non-hydrogen) atoms. The van der Waals surface area contributed by atoms with Crippen molar-refractivity contribution < 1.29 is 9.59 Å². The smallest absolute Gasteiger partial charge is 0.253 e. The van der Waals surface area contributed by atoms with Gasteiger partial charge in [-0.25, -0.2) is 0 Å². The lowest BCUT2D eigenvalue weighted by Gasteiger charge is -2.24. The molecule has 0 radical (unpaired) electrons. The van der Waals surface area contributed by atoms with Crippen LogP contribution in [0.5, 0.6) is 0 Å². The number of nitrogens with zero attached hydrogens (tertiary/aromatic N) is 1. The normalized spacial score (nSPS) is 14.0. The average Bonchev–Trinajstić information content (AvgIpc) is 3.39. The van der Waals surface area contributed by atoms with Crippen LogP contribution in [0, 0.1) is 17.8 Å². The first-order valence-corrected chi connectivity index (χ1v) is 9.57. The maximum absolute atomic E-state index is 12.9. The SMILES string of the molecule is CC(C)CCN(CCC(C)C)C(=O)c1ccc(NC(=O)C2CC2)cc1. The Hall–Kier alpha value is -1.84. The molecule has 0 heterocycles. The molecule has 0 saturated heterocycles. The van der Waals surface area contributed by atoms with E-state index < -0.39 is 0 Å². The quantitative estimate of drug-likeness (QED) is 0.713. The van der Waals surface area contributed by atoms with E-state index in [-0.39, 0.29) is 17.7 Å². The molecule has 0 spiro atoms. The Morgan fingerprint density at radius 1 is 1.00 bits per heavy atom. The fourth-order valence-corrected chi connectivity index (χ4v) is 2.61. The summed E-state index contributed by atoms with van der Waals surface area (Å²) in [6.07, 6.45) is 4.00. The van der Waals surface area contributed by atoms with Crippen LogP contribution in [0.25, 0.3) is 0 Å². The van der Waals surface area contributed by atoms with E-state index in [0.29, 0.717) is 17.4 Å². The number of nitrogens with one attached hydrogen (secondary N) is 1. The fraction of sp³-hybridized carbons (Fsp3) is 0.619. The largest absolute Gasteiger partial charge is 0.339 e. The van der Waals surface area contributed by atoms with Crippen LogP contribution in [-0.4, -0.2) is 29.8 Å². The number of benzene rings is 1. The predicted molar refractivity (Wildman–Crippen MR) is 103 cm³/mol. The highest BCUT2D eigenvalue weighted by Gasteiger charge is 2.29. The zero-order valence-electron chi connectivity index (χ0n) is 16.0. The van der Waals surface area contributed by atoms with Gasteiger partial charge in [0.15, 0.2) is 0 Å². The first-order valence-electron chi connectivity index (χ1n) is 9.57. The van der Waals surface area contributed by atoms with E-state index in [1.807, 2.05) is 29.2 Å². The minimum Gasteiger partial charge on any atom is -0.339 e. The zero-order valence-corrected chi connectivity index (χ0v) is 16.0. The van der Waals surface area contributed by atoms with E-state index in [2.05, 4.69) is 33.0 Å². The Balaban J connectivity index is 1.99. The third kappa shape index (κ3) is 6.52. The summed E-state index contributed by atoms with van der Waals surface area (Å²) in [5.41, 5.74) is 1.46. The molecule has 1 aliphatic rings. The van der Waals surface area contributed by atoms with Gasteiger partial charge in [-0.1, -0.05) is 27.7 Å². The molecule has 0 aromatic heterocycles. The lowest BCUT2D eigenvalue weighted by atomic mass is 10.1. The van der Waals surface area contributed by atoms with E-state index in [0.717, 1.165) is 44.5 Å². The molecular weight excluding hydrogens is 312 g/mol. The third-order valence-electron chi connectivity index (χ3n) is 4.59. The van der Waals surface area contributed by atoms with Gasteiger partial charge in [0, 0.05) is 30.3 Å². The van der Waals surface area contributed by atoms with Gasteiger partial charge >= 0.3 is 0 Å². The molecule has 4 nitrogen and oxygen atoms in total. The van der Waals surface area contributed by atoms with Gasteiger partial charge in [-0.05, 0) is 61.8 Å². The molecular formula is C21H32N2O2. The van der Waals surface area contributed by atoms with Crippen molar-refractivity contribution in [3.63, 3.8) is 0 Å². The van der Waals surface area contributed by atoms with Gasteiger partial charge < -0.3 is 10.2 Å². The Morgan fingerprint density at radius 2 is 1.52 bits per heavy atom.